The molecule has 1 aromatic carbocycles. The molecule has 0 atom stereocenters. The standard InChI is InChI=1S/C19H17NO3/c1-12(21)6-7-13-11-17(22)23-19-15-5-3-9-20-8-2-4-14(18(15)20)10-16(13)19/h10-11H,2-5,8-9H2,1H3. The minimum atomic E-state index is -0.408. The van der Waals surface area contributed by atoms with Gasteiger partial charge in [-0.3, -0.25) is 4.79 Å². The van der Waals surface area contributed by atoms with Gasteiger partial charge in [-0.2, -0.15) is 0 Å². The Morgan fingerprint density at radius 2 is 2.00 bits per heavy atom. The highest BCUT2D eigenvalue weighted by molar-refractivity contribution is 5.96. The Labute approximate surface area is 134 Å². The predicted octanol–water partition coefficient (Wildman–Crippen LogP) is 2.43. The summed E-state index contributed by atoms with van der Waals surface area (Å²) in [5.41, 5.74) is 4.53. The number of ketones is 1. The number of benzene rings is 1. The lowest BCUT2D eigenvalue weighted by molar-refractivity contribution is -0.111. The van der Waals surface area contributed by atoms with Gasteiger partial charge in [-0.25, -0.2) is 4.79 Å². The lowest BCUT2D eigenvalue weighted by Gasteiger charge is -2.37. The van der Waals surface area contributed by atoms with E-state index in [1.807, 2.05) is 0 Å². The number of fused-ring (bicyclic) bond motifs is 2. The van der Waals surface area contributed by atoms with Gasteiger partial charge in [0.1, 0.15) is 5.58 Å². The summed E-state index contributed by atoms with van der Waals surface area (Å²) in [5, 5.41) is 0.857. The van der Waals surface area contributed by atoms with E-state index in [-0.39, 0.29) is 5.78 Å². The predicted molar refractivity (Wildman–Crippen MR) is 88.9 cm³/mol. The first-order valence-corrected chi connectivity index (χ1v) is 8.03. The zero-order valence-electron chi connectivity index (χ0n) is 13.1. The molecule has 0 aliphatic carbocycles. The van der Waals surface area contributed by atoms with Crippen LogP contribution in [0.15, 0.2) is 21.3 Å². The molecule has 0 amide bonds. The minimum absolute atomic E-state index is 0.211. The van der Waals surface area contributed by atoms with E-state index >= 15 is 0 Å². The molecule has 0 fully saturated rings. The molecule has 0 bridgehead atoms. The van der Waals surface area contributed by atoms with Gasteiger partial charge in [0.15, 0.2) is 0 Å². The number of aryl methyl sites for hydroxylation is 2. The van der Waals surface area contributed by atoms with Gasteiger partial charge < -0.3 is 9.32 Å². The second-order valence-electron chi connectivity index (χ2n) is 6.22. The third kappa shape index (κ3) is 2.33. The largest absolute Gasteiger partial charge is 0.422 e. The summed E-state index contributed by atoms with van der Waals surface area (Å²) in [6.07, 6.45) is 4.16. The molecule has 0 radical (unpaired) electrons. The van der Waals surface area contributed by atoms with Crippen molar-refractivity contribution in [3.8, 4) is 11.8 Å². The molecular weight excluding hydrogens is 290 g/mol. The van der Waals surface area contributed by atoms with Crippen LogP contribution >= 0.6 is 0 Å². The van der Waals surface area contributed by atoms with Crippen molar-refractivity contribution in [1.82, 2.24) is 0 Å². The third-order valence-electron chi connectivity index (χ3n) is 4.60. The quantitative estimate of drug-likeness (QED) is 0.554. The van der Waals surface area contributed by atoms with E-state index in [1.54, 1.807) is 0 Å². The highest BCUT2D eigenvalue weighted by Gasteiger charge is 2.27. The number of carbonyl (C=O) groups is 1. The van der Waals surface area contributed by atoms with Crippen LogP contribution in [0.3, 0.4) is 0 Å². The van der Waals surface area contributed by atoms with E-state index in [0.29, 0.717) is 11.1 Å². The fraction of sp³-hybridized carbons (Fsp3) is 0.368. The number of anilines is 1. The number of nitrogens with zero attached hydrogens (tertiary/aromatic N) is 1. The van der Waals surface area contributed by atoms with Crippen molar-refractivity contribution in [3.63, 3.8) is 0 Å². The van der Waals surface area contributed by atoms with E-state index in [1.165, 1.54) is 24.2 Å². The van der Waals surface area contributed by atoms with E-state index in [4.69, 9.17) is 4.42 Å². The van der Waals surface area contributed by atoms with Crippen LogP contribution in [0.1, 0.15) is 36.5 Å². The summed E-state index contributed by atoms with van der Waals surface area (Å²) in [7, 11) is 0. The van der Waals surface area contributed by atoms with Gasteiger partial charge in [-0.1, -0.05) is 5.92 Å². The highest BCUT2D eigenvalue weighted by Crippen LogP contribution is 2.40. The molecule has 4 heteroatoms. The van der Waals surface area contributed by atoms with Crippen LogP contribution in [0.4, 0.5) is 5.69 Å². The van der Waals surface area contributed by atoms with Gasteiger partial charge in [0.05, 0.1) is 0 Å². The van der Waals surface area contributed by atoms with Crippen molar-refractivity contribution >= 4 is 22.4 Å². The van der Waals surface area contributed by atoms with Crippen LogP contribution < -0.4 is 10.5 Å². The molecule has 4 rings (SSSR count). The fourth-order valence-corrected chi connectivity index (χ4v) is 3.73. The molecule has 116 valence electrons. The number of carbonyl (C=O) groups excluding carboxylic acids is 1. The lowest BCUT2D eigenvalue weighted by atomic mass is 9.89. The molecule has 3 heterocycles. The number of Topliss-reactive ketones (excluding diaryl/α,β-unsaturated/α-hetero) is 1. The second kappa shape index (κ2) is 5.27. The summed E-state index contributed by atoms with van der Waals surface area (Å²) in [6.45, 7) is 3.56. The van der Waals surface area contributed by atoms with Gasteiger partial charge in [-0.15, -0.1) is 0 Å². The topological polar surface area (TPSA) is 50.5 Å². The molecule has 23 heavy (non-hydrogen) atoms. The summed E-state index contributed by atoms with van der Waals surface area (Å²) in [5.74, 6) is 5.17. The van der Waals surface area contributed by atoms with Crippen LogP contribution in [0.5, 0.6) is 0 Å². The Morgan fingerprint density at radius 3 is 2.78 bits per heavy atom. The molecule has 2 aliphatic rings. The molecular formula is C19H17NO3. The molecule has 0 N–H and O–H groups in total. The summed E-state index contributed by atoms with van der Waals surface area (Å²) >= 11 is 0. The van der Waals surface area contributed by atoms with Crippen molar-refractivity contribution in [2.24, 2.45) is 0 Å². The van der Waals surface area contributed by atoms with E-state index in [2.05, 4.69) is 22.8 Å². The van der Waals surface area contributed by atoms with Crippen LogP contribution in [-0.2, 0) is 17.6 Å². The maximum atomic E-state index is 12.0. The Morgan fingerprint density at radius 1 is 1.22 bits per heavy atom. The zero-order valence-corrected chi connectivity index (χ0v) is 13.1. The first kappa shape index (κ1) is 14.1. The van der Waals surface area contributed by atoms with Gasteiger partial charge >= 0.3 is 5.63 Å². The van der Waals surface area contributed by atoms with Gasteiger partial charge in [0.25, 0.3) is 0 Å². The molecule has 0 saturated heterocycles. The Kier molecular flexibility index (Phi) is 3.23. The van der Waals surface area contributed by atoms with Crippen molar-refractivity contribution in [1.29, 1.82) is 0 Å². The maximum Gasteiger partial charge on any atom is 0.337 e. The van der Waals surface area contributed by atoms with Gasteiger partial charge in [0, 0.05) is 48.3 Å². The molecule has 0 saturated carbocycles. The van der Waals surface area contributed by atoms with Crippen molar-refractivity contribution in [2.75, 3.05) is 18.0 Å². The molecule has 2 aliphatic heterocycles. The van der Waals surface area contributed by atoms with Gasteiger partial charge in [-0.05, 0) is 43.2 Å². The maximum absolute atomic E-state index is 12.0. The van der Waals surface area contributed by atoms with E-state index in [9.17, 15) is 9.59 Å². The zero-order chi connectivity index (χ0) is 16.0. The summed E-state index contributed by atoms with van der Waals surface area (Å²) < 4.78 is 5.54. The van der Waals surface area contributed by atoms with Crippen LogP contribution in [0.25, 0.3) is 11.0 Å². The van der Waals surface area contributed by atoms with Crippen LogP contribution in [0, 0.1) is 11.8 Å². The minimum Gasteiger partial charge on any atom is -0.422 e. The third-order valence-corrected chi connectivity index (χ3v) is 4.60. The number of hydrogen-bond donors (Lipinski definition) is 0. The van der Waals surface area contributed by atoms with Crippen molar-refractivity contribution in [2.45, 2.75) is 32.6 Å². The van der Waals surface area contributed by atoms with Crippen LogP contribution in [0.2, 0.25) is 0 Å². The van der Waals surface area contributed by atoms with Crippen LogP contribution in [-0.4, -0.2) is 18.9 Å². The van der Waals surface area contributed by atoms with Crippen molar-refractivity contribution < 1.29 is 9.21 Å². The summed E-state index contributed by atoms with van der Waals surface area (Å²) in [4.78, 5) is 25.5. The molecule has 4 nitrogen and oxygen atoms in total. The summed E-state index contributed by atoms with van der Waals surface area (Å²) in [6, 6.07) is 3.49. The monoisotopic (exact) mass is 307 g/mol. The fourth-order valence-electron chi connectivity index (χ4n) is 3.73. The SMILES string of the molecule is CC(=O)C#Cc1cc(=O)oc2c3c4c(cc12)CCCN4CCC3. The first-order valence-electron chi connectivity index (χ1n) is 8.03. The van der Waals surface area contributed by atoms with E-state index in [0.717, 1.165) is 49.7 Å². The second-order valence-corrected chi connectivity index (χ2v) is 6.22. The normalized spacial score (nSPS) is 15.8. The molecule has 0 spiro atoms. The Bertz CT molecular complexity index is 941. The molecule has 2 aromatic rings. The highest BCUT2D eigenvalue weighted by atomic mass is 16.4. The smallest absolute Gasteiger partial charge is 0.337 e. The van der Waals surface area contributed by atoms with Crippen molar-refractivity contribution in [3.05, 3.63) is 39.2 Å². The van der Waals surface area contributed by atoms with Gasteiger partial charge in [0.2, 0.25) is 5.78 Å². The average Bonchev–Trinajstić information content (AvgIpc) is 2.54. The van der Waals surface area contributed by atoms with E-state index < -0.39 is 5.63 Å². The molecule has 0 unspecified atom stereocenters. The Balaban J connectivity index is 2.06. The molecule has 1 aromatic heterocycles. The lowest BCUT2D eigenvalue weighted by Crippen LogP contribution is -2.34. The Hall–Kier alpha value is -2.54. The first-order chi connectivity index (χ1) is 11.1. The average molecular weight is 307 g/mol. The number of rotatable bonds is 0. The number of hydrogen-bond acceptors (Lipinski definition) is 4.